The smallest absolute Gasteiger partial charge is 0.151 e. The Kier molecular flexibility index (Phi) is 4.67. The van der Waals surface area contributed by atoms with E-state index in [9.17, 15) is 8.42 Å². The van der Waals surface area contributed by atoms with E-state index in [0.29, 0.717) is 23.5 Å². The second-order valence-corrected chi connectivity index (χ2v) is 8.08. The number of likely N-dealkylation sites (tertiary alicyclic amines) is 1. The van der Waals surface area contributed by atoms with Gasteiger partial charge in [-0.15, -0.1) is 0 Å². The monoisotopic (exact) mass is 274 g/mol. The summed E-state index contributed by atoms with van der Waals surface area (Å²) in [4.78, 5) is 2.50. The van der Waals surface area contributed by atoms with Crippen LogP contribution in [0, 0.1) is 5.92 Å². The van der Waals surface area contributed by atoms with Crippen LogP contribution in [-0.4, -0.2) is 56.5 Å². The summed E-state index contributed by atoms with van der Waals surface area (Å²) in [7, 11) is -2.76. The lowest BCUT2D eigenvalue weighted by Gasteiger charge is -2.36. The minimum atomic E-state index is -2.76. The van der Waals surface area contributed by atoms with Gasteiger partial charge in [-0.25, -0.2) is 8.42 Å². The minimum Gasteiger partial charge on any atom is -0.310 e. The maximum Gasteiger partial charge on any atom is 0.151 e. The molecule has 18 heavy (non-hydrogen) atoms. The van der Waals surface area contributed by atoms with Gasteiger partial charge in [-0.2, -0.15) is 0 Å². The Morgan fingerprint density at radius 2 is 2.17 bits per heavy atom. The zero-order valence-corrected chi connectivity index (χ0v) is 12.4. The molecule has 0 spiro atoms. The summed E-state index contributed by atoms with van der Waals surface area (Å²) in [5.74, 6) is 1.37. The van der Waals surface area contributed by atoms with Crippen LogP contribution in [0.5, 0.6) is 0 Å². The van der Waals surface area contributed by atoms with Crippen LogP contribution in [0.2, 0.25) is 0 Å². The highest BCUT2D eigenvalue weighted by atomic mass is 32.2. The van der Waals surface area contributed by atoms with Crippen LogP contribution in [-0.2, 0) is 9.84 Å². The number of rotatable bonds is 4. The Morgan fingerprint density at radius 1 is 1.39 bits per heavy atom. The average Bonchev–Trinajstić information content (AvgIpc) is 2.68. The van der Waals surface area contributed by atoms with Gasteiger partial charge in [0, 0.05) is 18.6 Å². The molecule has 3 unspecified atom stereocenters. The van der Waals surface area contributed by atoms with Crippen molar-refractivity contribution in [1.29, 1.82) is 0 Å². The summed E-state index contributed by atoms with van der Waals surface area (Å²) in [5.41, 5.74) is 0. The van der Waals surface area contributed by atoms with Gasteiger partial charge in [0.05, 0.1) is 11.5 Å². The molecular weight excluding hydrogens is 248 g/mol. The Hall–Kier alpha value is -0.130. The first kappa shape index (κ1) is 14.3. The summed E-state index contributed by atoms with van der Waals surface area (Å²) in [6.07, 6.45) is 3.33. The number of hydrogen-bond donors (Lipinski definition) is 1. The first-order chi connectivity index (χ1) is 8.50. The second kappa shape index (κ2) is 5.88. The summed E-state index contributed by atoms with van der Waals surface area (Å²) in [6.45, 7) is 7.93. The third kappa shape index (κ3) is 3.68. The highest BCUT2D eigenvalue weighted by molar-refractivity contribution is 7.91. The molecule has 0 bridgehead atoms. The Balaban J connectivity index is 1.82. The fourth-order valence-corrected chi connectivity index (χ4v) is 4.91. The van der Waals surface area contributed by atoms with E-state index in [-0.39, 0.29) is 6.04 Å². The Morgan fingerprint density at radius 3 is 2.78 bits per heavy atom. The van der Waals surface area contributed by atoms with E-state index in [0.717, 1.165) is 19.5 Å². The molecule has 0 aromatic heterocycles. The molecule has 0 aromatic rings. The van der Waals surface area contributed by atoms with Gasteiger partial charge in [0.15, 0.2) is 9.84 Å². The van der Waals surface area contributed by atoms with Crippen LogP contribution in [0.1, 0.15) is 33.1 Å². The van der Waals surface area contributed by atoms with Crippen molar-refractivity contribution >= 4 is 9.84 Å². The molecule has 2 saturated heterocycles. The predicted molar refractivity (Wildman–Crippen MR) is 74.5 cm³/mol. The predicted octanol–water partition coefficient (Wildman–Crippen LogP) is 0.884. The topological polar surface area (TPSA) is 49.4 Å². The van der Waals surface area contributed by atoms with Crippen LogP contribution in [0.15, 0.2) is 0 Å². The zero-order valence-electron chi connectivity index (χ0n) is 11.6. The average molecular weight is 274 g/mol. The molecule has 5 heteroatoms. The number of nitrogens with zero attached hydrogens (tertiary/aromatic N) is 1. The summed E-state index contributed by atoms with van der Waals surface area (Å²) >= 11 is 0. The highest BCUT2D eigenvalue weighted by Gasteiger charge is 2.31. The van der Waals surface area contributed by atoms with Gasteiger partial charge in [0.2, 0.25) is 0 Å². The van der Waals surface area contributed by atoms with E-state index < -0.39 is 9.84 Å². The molecule has 2 heterocycles. The van der Waals surface area contributed by atoms with Crippen LogP contribution in [0.3, 0.4) is 0 Å². The molecule has 0 saturated carbocycles. The number of nitrogens with one attached hydrogen (secondary N) is 1. The molecule has 2 aliphatic heterocycles. The van der Waals surface area contributed by atoms with Crippen LogP contribution < -0.4 is 5.32 Å². The molecule has 0 aliphatic carbocycles. The highest BCUT2D eigenvalue weighted by Crippen LogP contribution is 2.21. The van der Waals surface area contributed by atoms with Crippen molar-refractivity contribution in [2.45, 2.75) is 45.2 Å². The lowest BCUT2D eigenvalue weighted by atomic mass is 9.91. The molecule has 0 aromatic carbocycles. The molecular formula is C13H26N2O2S. The molecule has 1 N–H and O–H groups in total. The van der Waals surface area contributed by atoms with Gasteiger partial charge in [-0.05, 0) is 45.2 Å². The number of hydrogen-bond acceptors (Lipinski definition) is 4. The lowest BCUT2D eigenvalue weighted by Crippen LogP contribution is -2.47. The van der Waals surface area contributed by atoms with Gasteiger partial charge in [0.1, 0.15) is 0 Å². The van der Waals surface area contributed by atoms with Crippen LogP contribution in [0.25, 0.3) is 0 Å². The van der Waals surface area contributed by atoms with Crippen molar-refractivity contribution in [1.82, 2.24) is 10.2 Å². The van der Waals surface area contributed by atoms with E-state index in [1.165, 1.54) is 19.4 Å². The summed E-state index contributed by atoms with van der Waals surface area (Å²) in [6, 6.07) is 0.611. The van der Waals surface area contributed by atoms with Crippen LogP contribution in [0.4, 0.5) is 0 Å². The first-order valence-electron chi connectivity index (χ1n) is 7.19. The lowest BCUT2D eigenvalue weighted by molar-refractivity contribution is 0.153. The number of sulfone groups is 1. The normalized spacial score (nSPS) is 34.6. The third-order valence-corrected chi connectivity index (χ3v) is 6.20. The van der Waals surface area contributed by atoms with Crippen molar-refractivity contribution in [2.75, 3.05) is 31.1 Å². The van der Waals surface area contributed by atoms with E-state index >= 15 is 0 Å². The Bertz CT molecular complexity index is 369. The zero-order chi connectivity index (χ0) is 13.2. The van der Waals surface area contributed by atoms with E-state index in [1.807, 2.05) is 0 Å². The van der Waals surface area contributed by atoms with E-state index in [1.54, 1.807) is 0 Å². The van der Waals surface area contributed by atoms with Crippen molar-refractivity contribution < 1.29 is 8.42 Å². The fraction of sp³-hybridized carbons (Fsp3) is 1.00. The quantitative estimate of drug-likeness (QED) is 0.827. The molecule has 0 amide bonds. The van der Waals surface area contributed by atoms with E-state index in [2.05, 4.69) is 24.1 Å². The molecule has 4 nitrogen and oxygen atoms in total. The molecule has 2 fully saturated rings. The minimum absolute atomic E-state index is 0.182. The largest absolute Gasteiger partial charge is 0.310 e. The molecule has 0 radical (unpaired) electrons. The maximum absolute atomic E-state index is 11.4. The molecule has 3 atom stereocenters. The second-order valence-electron chi connectivity index (χ2n) is 5.85. The molecule has 106 valence electrons. The van der Waals surface area contributed by atoms with Crippen LogP contribution >= 0.6 is 0 Å². The van der Waals surface area contributed by atoms with Gasteiger partial charge in [-0.1, -0.05) is 6.92 Å². The van der Waals surface area contributed by atoms with Gasteiger partial charge in [0.25, 0.3) is 0 Å². The summed E-state index contributed by atoms with van der Waals surface area (Å²) < 4.78 is 22.9. The van der Waals surface area contributed by atoms with Gasteiger partial charge in [-0.3, -0.25) is 0 Å². The fourth-order valence-electron chi connectivity index (χ4n) is 3.22. The Labute approximate surface area is 111 Å². The molecule has 2 rings (SSSR count). The third-order valence-electron chi connectivity index (χ3n) is 4.43. The van der Waals surface area contributed by atoms with E-state index in [4.69, 9.17) is 0 Å². The molecule has 2 aliphatic rings. The van der Waals surface area contributed by atoms with Crippen molar-refractivity contribution in [3.05, 3.63) is 0 Å². The SMILES string of the molecule is CCN1CCCC(C(C)NC2CCS(=O)(=O)C2)C1. The first-order valence-corrected chi connectivity index (χ1v) is 9.01. The van der Waals surface area contributed by atoms with Crippen molar-refractivity contribution in [2.24, 2.45) is 5.92 Å². The van der Waals surface area contributed by atoms with Crippen molar-refractivity contribution in [3.63, 3.8) is 0 Å². The van der Waals surface area contributed by atoms with Gasteiger partial charge < -0.3 is 10.2 Å². The summed E-state index contributed by atoms with van der Waals surface area (Å²) in [5, 5.41) is 3.54. The number of piperidine rings is 1. The standard InChI is InChI=1S/C13H26N2O2S/c1-3-15-7-4-5-12(9-15)11(2)14-13-6-8-18(16,17)10-13/h11-14H,3-10H2,1-2H3. The van der Waals surface area contributed by atoms with Gasteiger partial charge >= 0.3 is 0 Å². The van der Waals surface area contributed by atoms with Crippen molar-refractivity contribution in [3.8, 4) is 0 Å². The maximum atomic E-state index is 11.4.